The van der Waals surface area contributed by atoms with Crippen molar-refractivity contribution < 1.29 is 9.47 Å². The summed E-state index contributed by atoms with van der Waals surface area (Å²) in [6, 6.07) is 12.0. The molecule has 4 nitrogen and oxygen atoms in total. The SMILES string of the molecule is CC1(CC(=N)c2nc(Cc3ccccc3)c(I)cc2Cl)OCCO1. The highest BCUT2D eigenvalue weighted by molar-refractivity contribution is 14.1. The molecule has 1 aliphatic rings. The highest BCUT2D eigenvalue weighted by Gasteiger charge is 2.33. The number of hydrogen-bond acceptors (Lipinski definition) is 4. The highest BCUT2D eigenvalue weighted by Crippen LogP contribution is 2.28. The lowest BCUT2D eigenvalue weighted by Crippen LogP contribution is -2.29. The molecule has 1 aromatic carbocycles. The Bertz CT molecular complexity index is 746. The van der Waals surface area contributed by atoms with E-state index in [4.69, 9.17) is 26.5 Å². The van der Waals surface area contributed by atoms with Crippen LogP contribution in [0.15, 0.2) is 36.4 Å². The largest absolute Gasteiger partial charge is 0.347 e. The molecule has 2 aromatic rings. The Morgan fingerprint density at radius 1 is 1.29 bits per heavy atom. The van der Waals surface area contributed by atoms with E-state index in [0.717, 1.165) is 9.26 Å². The minimum Gasteiger partial charge on any atom is -0.347 e. The molecular formula is C18H18ClIN2O2. The number of nitrogens with zero attached hydrogens (tertiary/aromatic N) is 1. The predicted molar refractivity (Wildman–Crippen MR) is 103 cm³/mol. The molecule has 1 saturated heterocycles. The molecule has 1 fully saturated rings. The average molecular weight is 457 g/mol. The predicted octanol–water partition coefficient (Wildman–Crippen LogP) is 4.45. The van der Waals surface area contributed by atoms with Crippen LogP contribution in [0.25, 0.3) is 0 Å². The van der Waals surface area contributed by atoms with E-state index in [2.05, 4.69) is 39.7 Å². The minimum absolute atomic E-state index is 0.324. The van der Waals surface area contributed by atoms with Crippen molar-refractivity contribution in [1.82, 2.24) is 4.98 Å². The molecule has 0 amide bonds. The Hall–Kier alpha value is -1.02. The number of hydrogen-bond donors (Lipinski definition) is 1. The molecule has 0 unspecified atom stereocenters. The number of aromatic nitrogens is 1. The topological polar surface area (TPSA) is 55.2 Å². The Balaban J connectivity index is 1.85. The summed E-state index contributed by atoms with van der Waals surface area (Å²) < 4.78 is 12.2. The van der Waals surface area contributed by atoms with E-state index in [1.807, 2.05) is 31.2 Å². The van der Waals surface area contributed by atoms with Crippen LogP contribution in [0, 0.1) is 8.98 Å². The summed E-state index contributed by atoms with van der Waals surface area (Å²) in [5.41, 5.74) is 2.93. The molecule has 1 aromatic heterocycles. The quantitative estimate of drug-likeness (QED) is 0.534. The maximum atomic E-state index is 8.40. The van der Waals surface area contributed by atoms with E-state index in [1.54, 1.807) is 0 Å². The third-order valence-corrected chi connectivity index (χ3v) is 5.12. The minimum atomic E-state index is -0.759. The zero-order chi connectivity index (χ0) is 17.2. The summed E-state index contributed by atoms with van der Waals surface area (Å²) in [6.07, 6.45) is 1.03. The first-order valence-corrected chi connectivity index (χ1v) is 9.17. The first-order chi connectivity index (χ1) is 11.5. The van der Waals surface area contributed by atoms with Gasteiger partial charge in [-0.2, -0.15) is 0 Å². The van der Waals surface area contributed by atoms with E-state index in [1.165, 1.54) is 5.56 Å². The number of halogens is 2. The van der Waals surface area contributed by atoms with Gasteiger partial charge in [0, 0.05) is 16.4 Å². The number of rotatable bonds is 5. The van der Waals surface area contributed by atoms with Crippen molar-refractivity contribution in [3.63, 3.8) is 0 Å². The summed E-state index contributed by atoms with van der Waals surface area (Å²) >= 11 is 8.58. The second-order valence-corrected chi connectivity index (χ2v) is 7.47. The Kier molecular flexibility index (Phi) is 5.54. The second-order valence-electron chi connectivity index (χ2n) is 5.90. The van der Waals surface area contributed by atoms with Gasteiger partial charge in [0.2, 0.25) is 0 Å². The summed E-state index contributed by atoms with van der Waals surface area (Å²) in [6.45, 7) is 2.95. The lowest BCUT2D eigenvalue weighted by Gasteiger charge is -2.22. The summed E-state index contributed by atoms with van der Waals surface area (Å²) in [7, 11) is 0. The monoisotopic (exact) mass is 456 g/mol. The second kappa shape index (κ2) is 7.47. The normalized spacial score (nSPS) is 16.3. The van der Waals surface area contributed by atoms with Crippen LogP contribution in [-0.2, 0) is 15.9 Å². The van der Waals surface area contributed by atoms with Crippen LogP contribution in [0.1, 0.15) is 30.3 Å². The van der Waals surface area contributed by atoms with Crippen molar-refractivity contribution in [1.29, 1.82) is 5.41 Å². The Morgan fingerprint density at radius 3 is 2.62 bits per heavy atom. The fraction of sp³-hybridized carbons (Fsp3) is 0.333. The molecule has 1 aliphatic heterocycles. The van der Waals surface area contributed by atoms with Crippen molar-refractivity contribution in [2.24, 2.45) is 0 Å². The van der Waals surface area contributed by atoms with Gasteiger partial charge in [0.25, 0.3) is 0 Å². The molecule has 126 valence electrons. The van der Waals surface area contributed by atoms with Gasteiger partial charge in [-0.15, -0.1) is 0 Å². The van der Waals surface area contributed by atoms with E-state index < -0.39 is 5.79 Å². The fourth-order valence-electron chi connectivity index (χ4n) is 2.69. The maximum Gasteiger partial charge on any atom is 0.171 e. The number of benzene rings is 1. The van der Waals surface area contributed by atoms with Crippen molar-refractivity contribution >= 4 is 39.9 Å². The standard InChI is InChI=1S/C18H18ClIN2O2/c1-18(23-7-8-24-18)11-15(21)17-13(19)10-14(20)16(22-17)9-12-5-3-2-4-6-12/h2-6,10,21H,7-9,11H2,1H3. The molecule has 0 bridgehead atoms. The van der Waals surface area contributed by atoms with Crippen LogP contribution in [0.2, 0.25) is 5.02 Å². The number of ether oxygens (including phenoxy) is 2. The molecule has 0 spiro atoms. The van der Waals surface area contributed by atoms with E-state index in [9.17, 15) is 0 Å². The zero-order valence-electron chi connectivity index (χ0n) is 13.3. The molecule has 0 radical (unpaired) electrons. The van der Waals surface area contributed by atoms with Gasteiger partial charge in [0.05, 0.1) is 29.6 Å². The summed E-state index contributed by atoms with van der Waals surface area (Å²) in [4.78, 5) is 4.67. The molecule has 24 heavy (non-hydrogen) atoms. The van der Waals surface area contributed by atoms with Crippen LogP contribution in [-0.4, -0.2) is 29.7 Å². The lowest BCUT2D eigenvalue weighted by atomic mass is 10.1. The molecule has 1 N–H and O–H groups in total. The van der Waals surface area contributed by atoms with Crippen LogP contribution in [0.4, 0.5) is 0 Å². The van der Waals surface area contributed by atoms with Crippen LogP contribution in [0.3, 0.4) is 0 Å². The first kappa shape index (κ1) is 17.8. The van der Waals surface area contributed by atoms with E-state index >= 15 is 0 Å². The van der Waals surface area contributed by atoms with Crippen molar-refractivity contribution in [3.05, 3.63) is 61.9 Å². The molecule has 2 heterocycles. The van der Waals surface area contributed by atoms with E-state index in [-0.39, 0.29) is 0 Å². The molecular weight excluding hydrogens is 439 g/mol. The smallest absolute Gasteiger partial charge is 0.171 e. The molecule has 0 aliphatic carbocycles. The van der Waals surface area contributed by atoms with Gasteiger partial charge >= 0.3 is 0 Å². The van der Waals surface area contributed by atoms with Crippen LogP contribution < -0.4 is 0 Å². The summed E-state index contributed by atoms with van der Waals surface area (Å²) in [5.74, 6) is -0.759. The molecule has 0 atom stereocenters. The van der Waals surface area contributed by atoms with Gasteiger partial charge in [-0.1, -0.05) is 41.9 Å². The third kappa shape index (κ3) is 4.14. The highest BCUT2D eigenvalue weighted by atomic mass is 127. The van der Waals surface area contributed by atoms with E-state index in [0.29, 0.717) is 42.5 Å². The summed E-state index contributed by atoms with van der Waals surface area (Å²) in [5, 5.41) is 8.89. The van der Waals surface area contributed by atoms with Gasteiger partial charge in [-0.3, -0.25) is 0 Å². The van der Waals surface area contributed by atoms with Gasteiger partial charge < -0.3 is 14.9 Å². The number of pyridine rings is 1. The lowest BCUT2D eigenvalue weighted by molar-refractivity contribution is -0.135. The fourth-order valence-corrected chi connectivity index (χ4v) is 3.77. The van der Waals surface area contributed by atoms with Gasteiger partial charge in [0.15, 0.2) is 5.79 Å². The maximum absolute atomic E-state index is 8.40. The zero-order valence-corrected chi connectivity index (χ0v) is 16.2. The van der Waals surface area contributed by atoms with Crippen LogP contribution in [0.5, 0.6) is 0 Å². The first-order valence-electron chi connectivity index (χ1n) is 7.71. The third-order valence-electron chi connectivity index (χ3n) is 3.90. The van der Waals surface area contributed by atoms with Crippen molar-refractivity contribution in [2.45, 2.75) is 25.6 Å². The van der Waals surface area contributed by atoms with Crippen molar-refractivity contribution in [3.8, 4) is 0 Å². The molecule has 3 rings (SSSR count). The van der Waals surface area contributed by atoms with Crippen LogP contribution >= 0.6 is 34.2 Å². The van der Waals surface area contributed by atoms with Gasteiger partial charge in [-0.05, 0) is 41.1 Å². The molecule has 0 saturated carbocycles. The molecule has 6 heteroatoms. The van der Waals surface area contributed by atoms with Crippen molar-refractivity contribution in [2.75, 3.05) is 13.2 Å². The van der Waals surface area contributed by atoms with Gasteiger partial charge in [-0.25, -0.2) is 4.98 Å². The Labute approximate surface area is 160 Å². The average Bonchev–Trinajstić information content (AvgIpc) is 2.97. The van der Waals surface area contributed by atoms with Gasteiger partial charge in [0.1, 0.15) is 5.69 Å². The number of nitrogens with one attached hydrogen (secondary N) is 1. The Morgan fingerprint density at radius 2 is 1.96 bits per heavy atom.